The Morgan fingerprint density at radius 3 is 2.21 bits per heavy atom. The molecule has 2 N–H and O–H groups in total. The summed E-state index contributed by atoms with van der Waals surface area (Å²) in [5, 5.41) is 14.1. The van der Waals surface area contributed by atoms with E-state index >= 15 is 0 Å². The van der Waals surface area contributed by atoms with E-state index in [1.165, 1.54) is 0 Å². The predicted octanol–water partition coefficient (Wildman–Crippen LogP) is 8.87. The number of nitrogens with zero attached hydrogens (tertiary/aromatic N) is 1. The molecular formula is C35H30Cl2N2O4. The highest BCUT2D eigenvalue weighted by Gasteiger charge is 2.19. The van der Waals surface area contributed by atoms with E-state index in [0.29, 0.717) is 27.9 Å². The number of carboxylic acid groups (broad SMARTS) is 1. The van der Waals surface area contributed by atoms with Crippen molar-refractivity contribution in [2.75, 3.05) is 11.9 Å². The summed E-state index contributed by atoms with van der Waals surface area (Å²) < 4.78 is 7.94. The zero-order chi connectivity index (χ0) is 30.3. The van der Waals surface area contributed by atoms with E-state index < -0.39 is 5.97 Å². The predicted molar refractivity (Wildman–Crippen MR) is 173 cm³/mol. The number of hydrogen-bond donors (Lipinski definition) is 2. The van der Waals surface area contributed by atoms with Crippen LogP contribution < -0.4 is 10.1 Å². The molecule has 0 aliphatic heterocycles. The number of halogens is 2. The summed E-state index contributed by atoms with van der Waals surface area (Å²) in [6, 6.07) is 31.0. The van der Waals surface area contributed by atoms with Crippen molar-refractivity contribution in [3.8, 4) is 5.75 Å². The second kappa shape index (κ2) is 13.6. The quantitative estimate of drug-likeness (QED) is 0.115. The van der Waals surface area contributed by atoms with Crippen LogP contribution in [0.2, 0.25) is 10.0 Å². The molecule has 0 aliphatic carbocycles. The summed E-state index contributed by atoms with van der Waals surface area (Å²) in [5.41, 5.74) is 5.48. The number of aromatic nitrogens is 1. The highest BCUT2D eigenvalue weighted by atomic mass is 35.5. The van der Waals surface area contributed by atoms with Crippen LogP contribution in [0.5, 0.6) is 5.75 Å². The number of fused-ring (bicyclic) bond motifs is 1. The molecule has 8 heteroatoms. The Morgan fingerprint density at radius 1 is 0.907 bits per heavy atom. The standard InChI is InChI=1S/C35H30Cl2N2O4/c1-23(21-33(40)38-30-5-2-3-6-32(30)43-20-4-7-34(41)42)26-12-17-31-27(22-26)18-19-39(31)35(24-8-13-28(36)14-9-24)25-10-15-29(37)16-11-25/h2-3,5-6,8-19,21-22,35H,4,7,20H2,1H3,(H,38,40)(H,41,42)/b23-21+. The van der Waals surface area contributed by atoms with Crippen LogP contribution in [0, 0.1) is 0 Å². The number of allylic oxidation sites excluding steroid dienone is 1. The maximum atomic E-state index is 12.9. The van der Waals surface area contributed by atoms with Crippen molar-refractivity contribution < 1.29 is 19.4 Å². The normalized spacial score (nSPS) is 11.6. The van der Waals surface area contributed by atoms with Crippen molar-refractivity contribution in [3.05, 3.63) is 136 Å². The summed E-state index contributed by atoms with van der Waals surface area (Å²) in [6.07, 6.45) is 4.03. The van der Waals surface area contributed by atoms with E-state index in [1.54, 1.807) is 30.3 Å². The van der Waals surface area contributed by atoms with Crippen molar-refractivity contribution in [2.24, 2.45) is 0 Å². The Balaban J connectivity index is 1.37. The van der Waals surface area contributed by atoms with Crippen molar-refractivity contribution in [3.63, 3.8) is 0 Å². The molecule has 0 saturated heterocycles. The van der Waals surface area contributed by atoms with Crippen molar-refractivity contribution in [2.45, 2.75) is 25.8 Å². The Kier molecular flexibility index (Phi) is 9.50. The summed E-state index contributed by atoms with van der Waals surface area (Å²) >= 11 is 12.4. The Bertz CT molecular complexity index is 1730. The number of aliphatic carboxylic acids is 1. The lowest BCUT2D eigenvalue weighted by atomic mass is 9.98. The van der Waals surface area contributed by atoms with Gasteiger partial charge in [-0.25, -0.2) is 0 Å². The summed E-state index contributed by atoms with van der Waals surface area (Å²) in [4.78, 5) is 23.7. The van der Waals surface area contributed by atoms with Gasteiger partial charge in [-0.05, 0) is 90.2 Å². The van der Waals surface area contributed by atoms with E-state index in [-0.39, 0.29) is 25.0 Å². The minimum atomic E-state index is -0.872. The third-order valence-electron chi connectivity index (χ3n) is 7.11. The van der Waals surface area contributed by atoms with Crippen LogP contribution in [0.1, 0.15) is 42.5 Å². The Morgan fingerprint density at radius 2 is 1.56 bits per heavy atom. The molecule has 6 nitrogen and oxygen atoms in total. The van der Waals surface area contributed by atoms with Gasteiger partial charge in [-0.1, -0.05) is 65.7 Å². The van der Waals surface area contributed by atoms with Crippen LogP contribution in [-0.2, 0) is 9.59 Å². The number of amides is 1. The minimum Gasteiger partial charge on any atom is -0.491 e. The monoisotopic (exact) mass is 612 g/mol. The number of carbonyl (C=O) groups is 2. The number of ether oxygens (including phenoxy) is 1. The van der Waals surface area contributed by atoms with Gasteiger partial charge >= 0.3 is 5.97 Å². The van der Waals surface area contributed by atoms with E-state index in [4.69, 9.17) is 33.0 Å². The number of benzene rings is 4. The van der Waals surface area contributed by atoms with Gasteiger partial charge in [-0.3, -0.25) is 9.59 Å². The first-order valence-corrected chi connectivity index (χ1v) is 14.6. The molecule has 0 saturated carbocycles. The third kappa shape index (κ3) is 7.47. The first-order chi connectivity index (χ1) is 20.8. The SMILES string of the molecule is C/C(=C\C(=O)Nc1ccccc1OCCCC(=O)O)c1ccc2c(ccn2C(c2ccc(Cl)cc2)c2ccc(Cl)cc2)c1. The fourth-order valence-electron chi connectivity index (χ4n) is 4.99. The molecule has 43 heavy (non-hydrogen) atoms. The fourth-order valence-corrected chi connectivity index (χ4v) is 5.24. The average Bonchev–Trinajstić information content (AvgIpc) is 3.41. The number of carbonyl (C=O) groups excluding carboxylic acids is 1. The molecular weight excluding hydrogens is 583 g/mol. The summed E-state index contributed by atoms with van der Waals surface area (Å²) in [7, 11) is 0. The summed E-state index contributed by atoms with van der Waals surface area (Å²) in [6.45, 7) is 2.14. The average molecular weight is 614 g/mol. The number of anilines is 1. The highest BCUT2D eigenvalue weighted by Crippen LogP contribution is 2.33. The molecule has 0 unspecified atom stereocenters. The lowest BCUT2D eigenvalue weighted by molar-refractivity contribution is -0.137. The second-order valence-corrected chi connectivity index (χ2v) is 11.0. The molecule has 1 amide bonds. The van der Waals surface area contributed by atoms with E-state index in [1.807, 2.05) is 61.5 Å². The van der Waals surface area contributed by atoms with Crippen molar-refractivity contribution in [1.29, 1.82) is 0 Å². The van der Waals surface area contributed by atoms with E-state index in [2.05, 4.69) is 34.3 Å². The van der Waals surface area contributed by atoms with Crippen LogP contribution in [-0.4, -0.2) is 28.2 Å². The van der Waals surface area contributed by atoms with Gasteiger partial charge < -0.3 is 19.7 Å². The molecule has 5 aromatic rings. The van der Waals surface area contributed by atoms with E-state index in [9.17, 15) is 9.59 Å². The maximum absolute atomic E-state index is 12.9. The van der Waals surface area contributed by atoms with Gasteiger partial charge in [0.2, 0.25) is 5.91 Å². The second-order valence-electron chi connectivity index (χ2n) is 10.2. The molecule has 0 bridgehead atoms. The van der Waals surface area contributed by atoms with Gasteiger partial charge in [0.25, 0.3) is 0 Å². The van der Waals surface area contributed by atoms with Crippen LogP contribution in [0.25, 0.3) is 16.5 Å². The molecule has 1 heterocycles. The topological polar surface area (TPSA) is 80.6 Å². The van der Waals surface area contributed by atoms with Gasteiger partial charge in [-0.15, -0.1) is 0 Å². The third-order valence-corrected chi connectivity index (χ3v) is 7.61. The Labute approximate surface area is 260 Å². The van der Waals surface area contributed by atoms with Gasteiger partial charge in [0, 0.05) is 39.6 Å². The smallest absolute Gasteiger partial charge is 0.303 e. The number of para-hydroxylation sites is 2. The molecule has 0 atom stereocenters. The maximum Gasteiger partial charge on any atom is 0.303 e. The van der Waals surface area contributed by atoms with Gasteiger partial charge in [0.05, 0.1) is 18.3 Å². The van der Waals surface area contributed by atoms with Crippen molar-refractivity contribution >= 4 is 57.2 Å². The van der Waals surface area contributed by atoms with E-state index in [0.717, 1.165) is 33.2 Å². The molecule has 0 fully saturated rings. The zero-order valence-electron chi connectivity index (χ0n) is 23.5. The molecule has 5 rings (SSSR count). The van der Waals surface area contributed by atoms with Crippen LogP contribution in [0.4, 0.5) is 5.69 Å². The first kappa shape index (κ1) is 30.0. The summed E-state index contributed by atoms with van der Waals surface area (Å²) in [5.74, 6) is -0.670. The number of hydrogen-bond acceptors (Lipinski definition) is 3. The number of nitrogens with one attached hydrogen (secondary N) is 1. The van der Waals surface area contributed by atoms with Gasteiger partial charge in [0.15, 0.2) is 0 Å². The zero-order valence-corrected chi connectivity index (χ0v) is 25.0. The number of carboxylic acids is 1. The molecule has 0 spiro atoms. The highest BCUT2D eigenvalue weighted by molar-refractivity contribution is 6.30. The molecule has 4 aromatic carbocycles. The molecule has 0 radical (unpaired) electrons. The lowest BCUT2D eigenvalue weighted by Crippen LogP contribution is -2.11. The van der Waals surface area contributed by atoms with Crippen LogP contribution >= 0.6 is 23.2 Å². The van der Waals surface area contributed by atoms with Crippen molar-refractivity contribution in [1.82, 2.24) is 4.57 Å². The largest absolute Gasteiger partial charge is 0.491 e. The fraction of sp³-hybridized carbons (Fsp3) is 0.143. The molecule has 218 valence electrons. The first-order valence-electron chi connectivity index (χ1n) is 13.8. The lowest BCUT2D eigenvalue weighted by Gasteiger charge is -2.22. The van der Waals surface area contributed by atoms with Gasteiger partial charge in [0.1, 0.15) is 5.75 Å². The minimum absolute atomic E-state index is 0.0209. The van der Waals surface area contributed by atoms with Crippen LogP contribution in [0.3, 0.4) is 0 Å². The number of rotatable bonds is 11. The van der Waals surface area contributed by atoms with Gasteiger partial charge in [-0.2, -0.15) is 0 Å². The molecule has 1 aromatic heterocycles. The molecule has 0 aliphatic rings. The Hall–Kier alpha value is -4.52. The van der Waals surface area contributed by atoms with Crippen LogP contribution in [0.15, 0.2) is 109 Å².